The Morgan fingerprint density at radius 3 is 2.32 bits per heavy atom. The Morgan fingerprint density at radius 1 is 1.00 bits per heavy atom. The number of amides is 1. The second-order valence-corrected chi connectivity index (χ2v) is 8.83. The first-order chi connectivity index (χ1) is 15.1. The largest absolute Gasteiger partial charge is 0.486 e. The molecule has 2 aromatic carbocycles. The zero-order chi connectivity index (χ0) is 21.6. The van der Waals surface area contributed by atoms with Gasteiger partial charge < -0.3 is 9.64 Å². The van der Waals surface area contributed by atoms with E-state index in [1.165, 1.54) is 18.2 Å². The molecule has 1 aliphatic heterocycles. The van der Waals surface area contributed by atoms with Crippen molar-refractivity contribution in [1.82, 2.24) is 19.7 Å². The summed E-state index contributed by atoms with van der Waals surface area (Å²) in [5.41, 5.74) is 0.953. The average Bonchev–Trinajstić information content (AvgIpc) is 3.20. The summed E-state index contributed by atoms with van der Waals surface area (Å²) in [6, 6.07) is 20.2. The molecule has 0 radical (unpaired) electrons. The standard InChI is InChI=1S/C24H28N4O2S/c1-18-10-9-11-19(2)27(18)23(29)17-31-24-26-25-22(16-30-21-14-7-4-8-15-21)28(24)20-12-5-3-6-13-20/h3-8,12-15,18-19H,9-11,16-17H2,1-2H3/t18-,19-/m1/s1. The highest BCUT2D eigenvalue weighted by molar-refractivity contribution is 7.99. The highest BCUT2D eigenvalue weighted by Crippen LogP contribution is 2.27. The van der Waals surface area contributed by atoms with E-state index >= 15 is 0 Å². The summed E-state index contributed by atoms with van der Waals surface area (Å²) < 4.78 is 7.88. The first kappa shape index (κ1) is 21.4. The monoisotopic (exact) mass is 436 g/mol. The van der Waals surface area contributed by atoms with Gasteiger partial charge in [-0.15, -0.1) is 10.2 Å². The van der Waals surface area contributed by atoms with Crippen molar-refractivity contribution in [3.63, 3.8) is 0 Å². The normalized spacial score (nSPS) is 18.7. The van der Waals surface area contributed by atoms with Crippen LogP contribution in [-0.2, 0) is 11.4 Å². The topological polar surface area (TPSA) is 60.3 Å². The summed E-state index contributed by atoms with van der Waals surface area (Å²) >= 11 is 1.43. The Kier molecular flexibility index (Phi) is 6.92. The number of nitrogens with zero attached hydrogens (tertiary/aromatic N) is 4. The number of rotatable bonds is 7. The molecule has 0 bridgehead atoms. The average molecular weight is 437 g/mol. The Bertz CT molecular complexity index is 983. The van der Waals surface area contributed by atoms with Gasteiger partial charge in [-0.1, -0.05) is 48.2 Å². The molecular weight excluding hydrogens is 408 g/mol. The number of ether oxygens (including phenoxy) is 1. The zero-order valence-corrected chi connectivity index (χ0v) is 18.8. The first-order valence-electron chi connectivity index (χ1n) is 10.7. The number of carbonyl (C=O) groups is 1. The highest BCUT2D eigenvalue weighted by Gasteiger charge is 2.29. The lowest BCUT2D eigenvalue weighted by Gasteiger charge is -2.39. The van der Waals surface area contributed by atoms with Crippen LogP contribution in [0.2, 0.25) is 0 Å². The third kappa shape index (κ3) is 5.10. The number of piperidine rings is 1. The molecule has 3 aromatic rings. The molecule has 31 heavy (non-hydrogen) atoms. The van der Waals surface area contributed by atoms with Crippen LogP contribution in [0.15, 0.2) is 65.8 Å². The molecule has 1 saturated heterocycles. The minimum atomic E-state index is 0.161. The van der Waals surface area contributed by atoms with Crippen molar-refractivity contribution in [1.29, 1.82) is 0 Å². The lowest BCUT2D eigenvalue weighted by atomic mass is 9.98. The van der Waals surface area contributed by atoms with E-state index in [9.17, 15) is 4.79 Å². The summed E-state index contributed by atoms with van der Waals surface area (Å²) in [6.07, 6.45) is 3.33. The van der Waals surface area contributed by atoms with Crippen LogP contribution in [0.3, 0.4) is 0 Å². The molecule has 0 unspecified atom stereocenters. The summed E-state index contributed by atoms with van der Waals surface area (Å²) in [5.74, 6) is 1.99. The molecule has 1 aromatic heterocycles. The Hall–Kier alpha value is -2.80. The van der Waals surface area contributed by atoms with Crippen LogP contribution < -0.4 is 4.74 Å². The van der Waals surface area contributed by atoms with E-state index in [0.29, 0.717) is 35.4 Å². The van der Waals surface area contributed by atoms with Gasteiger partial charge in [-0.05, 0) is 57.4 Å². The van der Waals surface area contributed by atoms with Gasteiger partial charge in [0.2, 0.25) is 5.91 Å². The molecule has 0 aliphatic carbocycles. The van der Waals surface area contributed by atoms with Crippen LogP contribution in [0.4, 0.5) is 0 Å². The summed E-state index contributed by atoms with van der Waals surface area (Å²) in [5, 5.41) is 9.45. The van der Waals surface area contributed by atoms with Gasteiger partial charge in [0.1, 0.15) is 12.4 Å². The SMILES string of the molecule is C[C@@H]1CCC[C@@H](C)N1C(=O)CSc1nnc(COc2ccccc2)n1-c1ccccc1. The quantitative estimate of drug-likeness (QED) is 0.501. The van der Waals surface area contributed by atoms with Crippen LogP contribution in [-0.4, -0.2) is 43.4 Å². The van der Waals surface area contributed by atoms with Gasteiger partial charge in [-0.2, -0.15) is 0 Å². The molecule has 162 valence electrons. The van der Waals surface area contributed by atoms with Crippen LogP contribution >= 0.6 is 11.8 Å². The number of aromatic nitrogens is 3. The van der Waals surface area contributed by atoms with Crippen molar-refractivity contribution in [3.05, 3.63) is 66.5 Å². The highest BCUT2D eigenvalue weighted by atomic mass is 32.2. The zero-order valence-electron chi connectivity index (χ0n) is 18.0. The van der Waals surface area contributed by atoms with Crippen molar-refractivity contribution in [3.8, 4) is 11.4 Å². The maximum Gasteiger partial charge on any atom is 0.233 e. The molecule has 2 atom stereocenters. The molecule has 1 fully saturated rings. The minimum Gasteiger partial charge on any atom is -0.486 e. The van der Waals surface area contributed by atoms with E-state index in [2.05, 4.69) is 24.0 Å². The third-order valence-electron chi connectivity index (χ3n) is 5.63. The Labute approximate surface area is 187 Å². The fourth-order valence-corrected chi connectivity index (χ4v) is 4.94. The molecule has 2 heterocycles. The van der Waals surface area contributed by atoms with Gasteiger partial charge in [-0.3, -0.25) is 9.36 Å². The third-order valence-corrected chi connectivity index (χ3v) is 6.55. The second kappa shape index (κ2) is 10.0. The summed E-state index contributed by atoms with van der Waals surface area (Å²) in [6.45, 7) is 4.58. The Morgan fingerprint density at radius 2 is 1.65 bits per heavy atom. The predicted octanol–water partition coefficient (Wildman–Crippen LogP) is 4.73. The number of hydrogen-bond donors (Lipinski definition) is 0. The van der Waals surface area contributed by atoms with Gasteiger partial charge >= 0.3 is 0 Å². The Balaban J connectivity index is 1.52. The minimum absolute atomic E-state index is 0.161. The van der Waals surface area contributed by atoms with Crippen LogP contribution in [0, 0.1) is 0 Å². The van der Waals surface area contributed by atoms with Crippen LogP contribution in [0.25, 0.3) is 5.69 Å². The predicted molar refractivity (Wildman–Crippen MR) is 122 cm³/mol. The van der Waals surface area contributed by atoms with E-state index in [4.69, 9.17) is 4.74 Å². The van der Waals surface area contributed by atoms with Crippen molar-refractivity contribution in [2.75, 3.05) is 5.75 Å². The van der Waals surface area contributed by atoms with E-state index in [0.717, 1.165) is 24.3 Å². The number of carbonyl (C=O) groups excluding carboxylic acids is 1. The number of likely N-dealkylation sites (tertiary alicyclic amines) is 1. The molecule has 4 rings (SSSR count). The molecule has 0 spiro atoms. The van der Waals surface area contributed by atoms with E-state index in [1.807, 2.05) is 70.1 Å². The number of para-hydroxylation sites is 2. The molecule has 1 aliphatic rings. The fraction of sp³-hybridized carbons (Fsp3) is 0.375. The summed E-state index contributed by atoms with van der Waals surface area (Å²) in [7, 11) is 0. The lowest BCUT2D eigenvalue weighted by Crippen LogP contribution is -2.48. The van der Waals surface area contributed by atoms with Crippen molar-refractivity contribution >= 4 is 17.7 Å². The smallest absolute Gasteiger partial charge is 0.233 e. The van der Waals surface area contributed by atoms with Gasteiger partial charge in [0, 0.05) is 17.8 Å². The first-order valence-corrected chi connectivity index (χ1v) is 11.7. The fourth-order valence-electron chi connectivity index (χ4n) is 4.10. The molecule has 0 saturated carbocycles. The molecule has 6 nitrogen and oxygen atoms in total. The van der Waals surface area contributed by atoms with Crippen molar-refractivity contribution in [2.24, 2.45) is 0 Å². The molecule has 7 heteroatoms. The molecule has 0 N–H and O–H groups in total. The molecular formula is C24H28N4O2S. The van der Waals surface area contributed by atoms with Gasteiger partial charge in [-0.25, -0.2) is 0 Å². The van der Waals surface area contributed by atoms with Crippen molar-refractivity contribution in [2.45, 2.75) is 57.0 Å². The van der Waals surface area contributed by atoms with E-state index in [1.54, 1.807) is 0 Å². The number of hydrogen-bond acceptors (Lipinski definition) is 5. The maximum atomic E-state index is 13.0. The van der Waals surface area contributed by atoms with Crippen LogP contribution in [0.5, 0.6) is 5.75 Å². The maximum absolute atomic E-state index is 13.0. The van der Waals surface area contributed by atoms with Gasteiger partial charge in [0.15, 0.2) is 11.0 Å². The summed E-state index contributed by atoms with van der Waals surface area (Å²) in [4.78, 5) is 15.0. The van der Waals surface area contributed by atoms with E-state index in [-0.39, 0.29) is 5.91 Å². The second-order valence-electron chi connectivity index (χ2n) is 7.89. The molecule has 1 amide bonds. The van der Waals surface area contributed by atoms with Gasteiger partial charge in [0.25, 0.3) is 0 Å². The number of benzene rings is 2. The number of thioether (sulfide) groups is 1. The van der Waals surface area contributed by atoms with Crippen molar-refractivity contribution < 1.29 is 9.53 Å². The van der Waals surface area contributed by atoms with E-state index < -0.39 is 0 Å². The van der Waals surface area contributed by atoms with Gasteiger partial charge in [0.05, 0.1) is 5.75 Å². The lowest BCUT2D eigenvalue weighted by molar-refractivity contribution is -0.134. The van der Waals surface area contributed by atoms with Crippen LogP contribution in [0.1, 0.15) is 38.9 Å².